The van der Waals surface area contributed by atoms with E-state index < -0.39 is 0 Å². The van der Waals surface area contributed by atoms with E-state index in [0.29, 0.717) is 11.8 Å². The smallest absolute Gasteiger partial charge is 0.217 e. The third-order valence-corrected chi connectivity index (χ3v) is 3.48. The van der Waals surface area contributed by atoms with Crippen LogP contribution in [0.5, 0.6) is 0 Å². The number of hydrogen-bond donors (Lipinski definition) is 0. The van der Waals surface area contributed by atoms with Gasteiger partial charge in [-0.2, -0.15) is 0 Å². The lowest BCUT2D eigenvalue weighted by molar-refractivity contribution is 0.414. The van der Waals surface area contributed by atoms with Crippen molar-refractivity contribution in [2.45, 2.75) is 32.7 Å². The number of rotatable bonds is 3. The molecule has 0 radical (unpaired) electrons. The molecule has 0 aromatic carbocycles. The molecule has 3 aromatic heterocycles. The van der Waals surface area contributed by atoms with Crippen molar-refractivity contribution in [1.29, 1.82) is 0 Å². The zero-order valence-electron chi connectivity index (χ0n) is 11.6. The van der Waals surface area contributed by atoms with Crippen LogP contribution in [-0.2, 0) is 5.88 Å². The summed E-state index contributed by atoms with van der Waals surface area (Å²) in [5.74, 6) is 2.51. The zero-order chi connectivity index (χ0) is 14.3. The normalized spacial score (nSPS) is 13.0. The summed E-state index contributed by atoms with van der Waals surface area (Å²) in [6, 6.07) is 1.90. The number of alkyl halides is 1. The summed E-state index contributed by atoms with van der Waals surface area (Å²) in [6.07, 6.45) is 3.54. The van der Waals surface area contributed by atoms with Crippen LogP contribution in [0.4, 0.5) is 0 Å². The second-order valence-corrected chi connectivity index (χ2v) is 5.14. The molecule has 1 atom stereocenters. The second-order valence-electron chi connectivity index (χ2n) is 4.87. The van der Waals surface area contributed by atoms with Crippen LogP contribution in [0.1, 0.15) is 36.0 Å². The molecule has 3 aromatic rings. The monoisotopic (exact) mass is 290 g/mol. The Morgan fingerprint density at radius 3 is 2.75 bits per heavy atom. The Labute approximate surface area is 121 Å². The van der Waals surface area contributed by atoms with Gasteiger partial charge in [-0.25, -0.2) is 15.0 Å². The minimum Gasteiger partial charge on any atom is -0.444 e. The third kappa shape index (κ3) is 2.08. The molecule has 0 saturated heterocycles. The molecule has 0 saturated carbocycles. The largest absolute Gasteiger partial charge is 0.444 e. The number of oxazole rings is 1. The van der Waals surface area contributed by atoms with Crippen LogP contribution < -0.4 is 0 Å². The molecule has 0 bridgehead atoms. The summed E-state index contributed by atoms with van der Waals surface area (Å²) < 4.78 is 7.59. The number of fused-ring (bicyclic) bond motifs is 1. The topological polar surface area (TPSA) is 56.7 Å². The number of pyridine rings is 1. The minimum absolute atomic E-state index is 0.0994. The Morgan fingerprint density at radius 1 is 1.30 bits per heavy atom. The Kier molecular flexibility index (Phi) is 3.22. The van der Waals surface area contributed by atoms with Gasteiger partial charge < -0.3 is 4.42 Å². The van der Waals surface area contributed by atoms with E-state index in [1.165, 1.54) is 0 Å². The van der Waals surface area contributed by atoms with Gasteiger partial charge in [0.05, 0.1) is 12.1 Å². The fourth-order valence-electron chi connectivity index (χ4n) is 2.31. The molecule has 0 aliphatic heterocycles. The predicted molar refractivity (Wildman–Crippen MR) is 76.9 cm³/mol. The minimum atomic E-state index is -0.0994. The first-order valence-corrected chi connectivity index (χ1v) is 6.95. The van der Waals surface area contributed by atoms with E-state index in [2.05, 4.69) is 15.0 Å². The fourth-order valence-corrected chi connectivity index (χ4v) is 2.50. The van der Waals surface area contributed by atoms with Crippen LogP contribution in [0, 0.1) is 13.8 Å². The number of nitrogens with zero attached hydrogens (tertiary/aromatic N) is 4. The molecule has 0 fully saturated rings. The van der Waals surface area contributed by atoms with E-state index in [-0.39, 0.29) is 6.04 Å². The van der Waals surface area contributed by atoms with E-state index in [4.69, 9.17) is 16.0 Å². The Bertz CT molecular complexity index is 762. The summed E-state index contributed by atoms with van der Waals surface area (Å²) in [4.78, 5) is 13.3. The average Bonchev–Trinajstić information content (AvgIpc) is 3.00. The molecule has 20 heavy (non-hydrogen) atoms. The second kappa shape index (κ2) is 4.90. The van der Waals surface area contributed by atoms with Gasteiger partial charge in [0, 0.05) is 6.20 Å². The van der Waals surface area contributed by atoms with Gasteiger partial charge in [-0.05, 0) is 32.4 Å². The first kappa shape index (κ1) is 13.1. The first-order valence-electron chi connectivity index (χ1n) is 6.42. The van der Waals surface area contributed by atoms with Crippen LogP contribution in [-0.4, -0.2) is 19.5 Å². The van der Waals surface area contributed by atoms with Crippen LogP contribution in [0.3, 0.4) is 0 Å². The SMILES string of the molecule is Cc1cnc2c(c1)nc(CCl)n2C(C)c1ncc(C)o1. The highest BCUT2D eigenvalue weighted by molar-refractivity contribution is 6.16. The maximum absolute atomic E-state index is 6.02. The molecule has 1 unspecified atom stereocenters. The Morgan fingerprint density at radius 2 is 2.10 bits per heavy atom. The van der Waals surface area contributed by atoms with Crippen LogP contribution in [0.25, 0.3) is 11.2 Å². The lowest BCUT2D eigenvalue weighted by Gasteiger charge is -2.12. The van der Waals surface area contributed by atoms with Crippen molar-refractivity contribution in [3.8, 4) is 0 Å². The average molecular weight is 291 g/mol. The lowest BCUT2D eigenvalue weighted by atomic mass is 10.3. The van der Waals surface area contributed by atoms with Gasteiger partial charge >= 0.3 is 0 Å². The third-order valence-electron chi connectivity index (χ3n) is 3.24. The van der Waals surface area contributed by atoms with Crippen LogP contribution in [0.15, 0.2) is 22.9 Å². The summed E-state index contributed by atoms with van der Waals surface area (Å²) in [7, 11) is 0. The summed E-state index contributed by atoms with van der Waals surface area (Å²) in [5.41, 5.74) is 2.72. The lowest BCUT2D eigenvalue weighted by Crippen LogP contribution is -2.11. The molecule has 3 heterocycles. The van der Waals surface area contributed by atoms with Crippen molar-refractivity contribution >= 4 is 22.8 Å². The van der Waals surface area contributed by atoms with E-state index in [1.807, 2.05) is 37.6 Å². The molecule has 5 nitrogen and oxygen atoms in total. The van der Waals surface area contributed by atoms with Crippen LogP contribution in [0.2, 0.25) is 0 Å². The van der Waals surface area contributed by atoms with E-state index in [1.54, 1.807) is 6.20 Å². The van der Waals surface area contributed by atoms with Crippen molar-refractivity contribution in [2.75, 3.05) is 0 Å². The Balaban J connectivity index is 2.18. The predicted octanol–water partition coefficient (Wildman–Crippen LogP) is 3.38. The summed E-state index contributed by atoms with van der Waals surface area (Å²) >= 11 is 6.02. The van der Waals surface area contributed by atoms with Crippen LogP contribution >= 0.6 is 11.6 Å². The van der Waals surface area contributed by atoms with Gasteiger partial charge in [-0.15, -0.1) is 11.6 Å². The Hall–Kier alpha value is -1.88. The highest BCUT2D eigenvalue weighted by Crippen LogP contribution is 2.25. The van der Waals surface area contributed by atoms with Gasteiger partial charge in [-0.3, -0.25) is 4.57 Å². The maximum Gasteiger partial charge on any atom is 0.217 e. The molecule has 104 valence electrons. The maximum atomic E-state index is 6.02. The number of halogens is 1. The van der Waals surface area contributed by atoms with Gasteiger partial charge in [0.25, 0.3) is 0 Å². The molecule has 0 aliphatic carbocycles. The van der Waals surface area contributed by atoms with E-state index in [0.717, 1.165) is 28.3 Å². The van der Waals surface area contributed by atoms with E-state index in [9.17, 15) is 0 Å². The van der Waals surface area contributed by atoms with E-state index >= 15 is 0 Å². The van der Waals surface area contributed by atoms with Crippen molar-refractivity contribution in [1.82, 2.24) is 19.5 Å². The molecular weight excluding hydrogens is 276 g/mol. The highest BCUT2D eigenvalue weighted by Gasteiger charge is 2.21. The molecule has 0 spiro atoms. The number of aromatic nitrogens is 4. The molecule has 0 aliphatic rings. The molecule has 6 heteroatoms. The number of hydrogen-bond acceptors (Lipinski definition) is 4. The van der Waals surface area contributed by atoms with Gasteiger partial charge in [0.15, 0.2) is 5.65 Å². The fraction of sp³-hybridized carbons (Fsp3) is 0.357. The quantitative estimate of drug-likeness (QED) is 0.694. The molecule has 3 rings (SSSR count). The van der Waals surface area contributed by atoms with Crippen molar-refractivity contribution in [3.63, 3.8) is 0 Å². The molecule has 0 amide bonds. The van der Waals surface area contributed by atoms with Gasteiger partial charge in [-0.1, -0.05) is 0 Å². The molecule has 0 N–H and O–H groups in total. The van der Waals surface area contributed by atoms with Crippen molar-refractivity contribution < 1.29 is 4.42 Å². The zero-order valence-corrected chi connectivity index (χ0v) is 12.3. The van der Waals surface area contributed by atoms with Gasteiger partial charge in [0.1, 0.15) is 23.1 Å². The summed E-state index contributed by atoms with van der Waals surface area (Å²) in [5, 5.41) is 0. The standard InChI is InChI=1S/C14H15ClN4O/c1-8-4-11-13(16-6-8)19(12(5-15)18-11)10(3)14-17-7-9(2)20-14/h4,6-7,10H,5H2,1-3H3. The molecular formula is C14H15ClN4O. The number of imidazole rings is 1. The first-order chi connectivity index (χ1) is 9.60. The number of aryl methyl sites for hydroxylation is 2. The van der Waals surface area contributed by atoms with Crippen molar-refractivity contribution in [2.24, 2.45) is 0 Å². The highest BCUT2D eigenvalue weighted by atomic mass is 35.5. The van der Waals surface area contributed by atoms with Crippen molar-refractivity contribution in [3.05, 3.63) is 41.5 Å². The van der Waals surface area contributed by atoms with Gasteiger partial charge in [0.2, 0.25) is 5.89 Å². The summed E-state index contributed by atoms with van der Waals surface area (Å²) in [6.45, 7) is 5.87.